The Morgan fingerprint density at radius 1 is 1.35 bits per heavy atom. The van der Waals surface area contributed by atoms with E-state index in [0.29, 0.717) is 6.61 Å². The van der Waals surface area contributed by atoms with E-state index in [-0.39, 0.29) is 6.04 Å². The molecule has 4 heteroatoms. The summed E-state index contributed by atoms with van der Waals surface area (Å²) in [4.78, 5) is 0. The topological polar surface area (TPSA) is 39.1 Å². The van der Waals surface area contributed by atoms with Gasteiger partial charge in [0.05, 0.1) is 18.3 Å². The van der Waals surface area contributed by atoms with Crippen molar-refractivity contribution in [1.29, 1.82) is 0 Å². The molecule has 0 saturated carbocycles. The van der Waals surface area contributed by atoms with Gasteiger partial charge in [0.25, 0.3) is 0 Å². The van der Waals surface area contributed by atoms with Crippen LogP contribution in [-0.4, -0.2) is 23.4 Å². The Hall–Kier alpha value is -1.81. The van der Waals surface area contributed by atoms with Gasteiger partial charge in [-0.25, -0.2) is 0 Å². The van der Waals surface area contributed by atoms with E-state index in [1.54, 1.807) is 0 Å². The molecule has 1 unspecified atom stereocenters. The summed E-state index contributed by atoms with van der Waals surface area (Å²) in [7, 11) is 1.98. The number of hydrogen-bond acceptors (Lipinski definition) is 3. The van der Waals surface area contributed by atoms with Crippen molar-refractivity contribution in [2.24, 2.45) is 0 Å². The molecule has 1 heterocycles. The SMILES string of the molecule is CCn1nccc1C(CCOc1cccc(C)c1)NC. The molecule has 20 heavy (non-hydrogen) atoms. The average molecular weight is 273 g/mol. The van der Waals surface area contributed by atoms with Gasteiger partial charge in [0.15, 0.2) is 0 Å². The fourth-order valence-electron chi connectivity index (χ4n) is 2.34. The van der Waals surface area contributed by atoms with E-state index in [9.17, 15) is 0 Å². The first-order valence-corrected chi connectivity index (χ1v) is 7.13. The summed E-state index contributed by atoms with van der Waals surface area (Å²) in [6.07, 6.45) is 2.76. The largest absolute Gasteiger partial charge is 0.494 e. The third kappa shape index (κ3) is 3.61. The Kier molecular flexibility index (Phi) is 5.18. The monoisotopic (exact) mass is 273 g/mol. The van der Waals surface area contributed by atoms with Crippen molar-refractivity contribution in [2.45, 2.75) is 32.9 Å². The minimum atomic E-state index is 0.266. The highest BCUT2D eigenvalue weighted by Gasteiger charge is 2.13. The van der Waals surface area contributed by atoms with Gasteiger partial charge in [0, 0.05) is 19.2 Å². The van der Waals surface area contributed by atoms with Crippen molar-refractivity contribution in [3.05, 3.63) is 47.8 Å². The maximum Gasteiger partial charge on any atom is 0.119 e. The van der Waals surface area contributed by atoms with Gasteiger partial charge in [-0.3, -0.25) is 4.68 Å². The number of aromatic nitrogens is 2. The van der Waals surface area contributed by atoms with Gasteiger partial charge >= 0.3 is 0 Å². The van der Waals surface area contributed by atoms with Gasteiger partial charge in [0.2, 0.25) is 0 Å². The molecule has 0 bridgehead atoms. The number of nitrogens with one attached hydrogen (secondary N) is 1. The number of hydrogen-bond donors (Lipinski definition) is 1. The summed E-state index contributed by atoms with van der Waals surface area (Å²) < 4.78 is 7.84. The first-order chi connectivity index (χ1) is 9.74. The Morgan fingerprint density at radius 3 is 2.90 bits per heavy atom. The molecule has 2 rings (SSSR count). The lowest BCUT2D eigenvalue weighted by Gasteiger charge is -2.18. The van der Waals surface area contributed by atoms with Gasteiger partial charge in [-0.2, -0.15) is 5.10 Å². The van der Waals surface area contributed by atoms with Crippen molar-refractivity contribution < 1.29 is 4.74 Å². The Labute approximate surface area is 120 Å². The highest BCUT2D eigenvalue weighted by Crippen LogP contribution is 2.18. The molecule has 0 aliphatic carbocycles. The molecule has 1 aromatic heterocycles. The zero-order valence-corrected chi connectivity index (χ0v) is 12.5. The molecule has 1 atom stereocenters. The summed E-state index contributed by atoms with van der Waals surface area (Å²) in [6.45, 7) is 5.75. The summed E-state index contributed by atoms with van der Waals surface area (Å²) in [5, 5.41) is 7.65. The molecule has 1 N–H and O–H groups in total. The number of benzene rings is 1. The van der Waals surface area contributed by atoms with Gasteiger partial charge in [-0.15, -0.1) is 0 Å². The maximum atomic E-state index is 5.82. The minimum Gasteiger partial charge on any atom is -0.494 e. The lowest BCUT2D eigenvalue weighted by atomic mass is 10.1. The van der Waals surface area contributed by atoms with Crippen LogP contribution >= 0.6 is 0 Å². The van der Waals surface area contributed by atoms with Crippen LogP contribution < -0.4 is 10.1 Å². The third-order valence-electron chi connectivity index (χ3n) is 3.42. The minimum absolute atomic E-state index is 0.266. The molecule has 0 amide bonds. The second-order valence-corrected chi connectivity index (χ2v) is 4.87. The lowest BCUT2D eigenvalue weighted by molar-refractivity contribution is 0.286. The zero-order valence-electron chi connectivity index (χ0n) is 12.5. The summed E-state index contributed by atoms with van der Waals surface area (Å²) in [6, 6.07) is 10.5. The van der Waals surface area contributed by atoms with E-state index in [4.69, 9.17) is 4.74 Å². The Balaban J connectivity index is 1.91. The lowest BCUT2D eigenvalue weighted by Crippen LogP contribution is -2.22. The average Bonchev–Trinajstić information content (AvgIpc) is 2.92. The molecule has 0 fully saturated rings. The second-order valence-electron chi connectivity index (χ2n) is 4.87. The molecule has 0 saturated heterocycles. The summed E-state index contributed by atoms with van der Waals surface area (Å²) in [5.74, 6) is 0.934. The van der Waals surface area contributed by atoms with Crippen LogP contribution in [0.2, 0.25) is 0 Å². The standard InChI is InChI=1S/C16H23N3O/c1-4-19-16(8-10-18-19)15(17-3)9-11-20-14-7-5-6-13(2)12-14/h5-8,10,12,15,17H,4,9,11H2,1-3H3. The molecule has 0 aliphatic heterocycles. The number of aryl methyl sites for hydroxylation is 2. The second kappa shape index (κ2) is 7.10. The van der Waals surface area contributed by atoms with Crippen LogP contribution in [0.5, 0.6) is 5.75 Å². The van der Waals surface area contributed by atoms with Crippen molar-refractivity contribution >= 4 is 0 Å². The molecule has 0 radical (unpaired) electrons. The van der Waals surface area contributed by atoms with Crippen LogP contribution in [0, 0.1) is 6.92 Å². The van der Waals surface area contributed by atoms with Crippen molar-refractivity contribution in [1.82, 2.24) is 15.1 Å². The van der Waals surface area contributed by atoms with Gasteiger partial charge in [-0.05, 0) is 44.7 Å². The zero-order chi connectivity index (χ0) is 14.4. The first kappa shape index (κ1) is 14.6. The third-order valence-corrected chi connectivity index (χ3v) is 3.42. The summed E-state index contributed by atoms with van der Waals surface area (Å²) in [5.41, 5.74) is 2.43. The van der Waals surface area contributed by atoms with Gasteiger partial charge in [-0.1, -0.05) is 12.1 Å². The fraction of sp³-hybridized carbons (Fsp3) is 0.438. The molecule has 0 aliphatic rings. The predicted octanol–water partition coefficient (Wildman–Crippen LogP) is 2.94. The number of rotatable bonds is 7. The molecule has 2 aromatic rings. The van der Waals surface area contributed by atoms with E-state index >= 15 is 0 Å². The van der Waals surface area contributed by atoms with E-state index < -0.39 is 0 Å². The Bertz CT molecular complexity index is 536. The number of nitrogens with zero attached hydrogens (tertiary/aromatic N) is 2. The van der Waals surface area contributed by atoms with Crippen LogP contribution in [-0.2, 0) is 6.54 Å². The highest BCUT2D eigenvalue weighted by atomic mass is 16.5. The molecular weight excluding hydrogens is 250 g/mol. The van der Waals surface area contributed by atoms with E-state index in [0.717, 1.165) is 18.7 Å². The van der Waals surface area contributed by atoms with Crippen molar-refractivity contribution in [2.75, 3.05) is 13.7 Å². The van der Waals surface area contributed by atoms with Crippen LogP contribution in [0.25, 0.3) is 0 Å². The van der Waals surface area contributed by atoms with Crippen LogP contribution in [0.4, 0.5) is 0 Å². The first-order valence-electron chi connectivity index (χ1n) is 7.13. The predicted molar refractivity (Wildman–Crippen MR) is 81.0 cm³/mol. The van der Waals surface area contributed by atoms with Crippen LogP contribution in [0.15, 0.2) is 36.5 Å². The fourth-order valence-corrected chi connectivity index (χ4v) is 2.34. The van der Waals surface area contributed by atoms with Crippen molar-refractivity contribution in [3.63, 3.8) is 0 Å². The maximum absolute atomic E-state index is 5.82. The van der Waals surface area contributed by atoms with E-state index in [2.05, 4.69) is 42.5 Å². The van der Waals surface area contributed by atoms with Crippen molar-refractivity contribution in [3.8, 4) is 5.75 Å². The summed E-state index contributed by atoms with van der Waals surface area (Å²) >= 11 is 0. The molecule has 4 nitrogen and oxygen atoms in total. The van der Waals surface area contributed by atoms with Crippen LogP contribution in [0.1, 0.15) is 30.6 Å². The van der Waals surface area contributed by atoms with E-state index in [1.807, 2.05) is 30.1 Å². The molecule has 108 valence electrons. The van der Waals surface area contributed by atoms with E-state index in [1.165, 1.54) is 11.3 Å². The quantitative estimate of drug-likeness (QED) is 0.843. The molecular formula is C16H23N3O. The Morgan fingerprint density at radius 2 is 2.20 bits per heavy atom. The van der Waals surface area contributed by atoms with Gasteiger partial charge < -0.3 is 10.1 Å². The highest BCUT2D eigenvalue weighted by molar-refractivity contribution is 5.27. The smallest absolute Gasteiger partial charge is 0.119 e. The van der Waals surface area contributed by atoms with Gasteiger partial charge in [0.1, 0.15) is 5.75 Å². The van der Waals surface area contributed by atoms with Crippen LogP contribution in [0.3, 0.4) is 0 Å². The molecule has 1 aromatic carbocycles. The number of ether oxygens (including phenoxy) is 1. The molecule has 0 spiro atoms. The normalized spacial score (nSPS) is 12.3.